The summed E-state index contributed by atoms with van der Waals surface area (Å²) in [7, 11) is 0. The van der Waals surface area contributed by atoms with E-state index in [1.165, 1.54) is 6.08 Å². The molecule has 0 heterocycles. The minimum absolute atomic E-state index is 0.430. The second kappa shape index (κ2) is 9.38. The predicted octanol–water partition coefficient (Wildman–Crippen LogP) is 6.55. The molecule has 6 heteroatoms. The molecular formula is C27H31FO5. The van der Waals surface area contributed by atoms with Crippen molar-refractivity contribution in [2.75, 3.05) is 0 Å². The van der Waals surface area contributed by atoms with Crippen molar-refractivity contribution in [3.8, 4) is 11.5 Å². The zero-order valence-corrected chi connectivity index (χ0v) is 19.9. The van der Waals surface area contributed by atoms with E-state index in [2.05, 4.69) is 0 Å². The van der Waals surface area contributed by atoms with Crippen molar-refractivity contribution < 1.29 is 28.2 Å². The van der Waals surface area contributed by atoms with E-state index in [0.29, 0.717) is 11.5 Å². The van der Waals surface area contributed by atoms with Crippen LogP contribution in [0.4, 0.5) is 4.39 Å². The monoisotopic (exact) mass is 454 g/mol. The number of halogens is 1. The van der Waals surface area contributed by atoms with E-state index >= 15 is 0 Å². The first-order valence-corrected chi connectivity index (χ1v) is 11.0. The Bertz CT molecular complexity index is 1040. The molecule has 176 valence electrons. The second-order valence-corrected chi connectivity index (χ2v) is 9.91. The fraction of sp³-hybridized carbons (Fsp3) is 0.407. The van der Waals surface area contributed by atoms with Crippen molar-refractivity contribution in [3.63, 3.8) is 0 Å². The van der Waals surface area contributed by atoms with E-state index in [1.807, 2.05) is 68.4 Å². The molecule has 3 rings (SSSR count). The Morgan fingerprint density at radius 1 is 1.03 bits per heavy atom. The van der Waals surface area contributed by atoms with Crippen molar-refractivity contribution in [3.05, 3.63) is 72.1 Å². The average molecular weight is 455 g/mol. The van der Waals surface area contributed by atoms with Crippen molar-refractivity contribution in [2.24, 2.45) is 17.3 Å². The molecule has 1 fully saturated rings. The zero-order valence-electron chi connectivity index (χ0n) is 19.9. The predicted molar refractivity (Wildman–Crippen MR) is 123 cm³/mol. The zero-order chi connectivity index (χ0) is 24.4. The number of carbonyl (C=O) groups excluding carboxylic acids is 2. The average Bonchev–Trinajstić information content (AvgIpc) is 3.27. The van der Waals surface area contributed by atoms with Gasteiger partial charge in [0.1, 0.15) is 23.2 Å². The van der Waals surface area contributed by atoms with Crippen molar-refractivity contribution in [1.29, 1.82) is 0 Å². The first-order valence-electron chi connectivity index (χ1n) is 11.0. The van der Waals surface area contributed by atoms with Crippen LogP contribution in [-0.4, -0.2) is 17.5 Å². The molecule has 5 nitrogen and oxygen atoms in total. The Balaban J connectivity index is 1.64. The lowest BCUT2D eigenvalue weighted by atomic mass is 10.1. The quantitative estimate of drug-likeness (QED) is 0.351. The van der Waals surface area contributed by atoms with Gasteiger partial charge in [0.15, 0.2) is 0 Å². The van der Waals surface area contributed by atoms with Gasteiger partial charge in [-0.15, -0.1) is 0 Å². The van der Waals surface area contributed by atoms with Crippen molar-refractivity contribution in [1.82, 2.24) is 0 Å². The van der Waals surface area contributed by atoms with E-state index in [-0.39, 0.29) is 0 Å². The van der Waals surface area contributed by atoms with Gasteiger partial charge in [0.05, 0.1) is 5.92 Å². The van der Waals surface area contributed by atoms with Gasteiger partial charge >= 0.3 is 11.9 Å². The SMILES string of the molecule is C[C@@H](OC(=O)[C@@H]1[C@H](/C=C(/F)C(=O)OC(C)(C)C)C1(C)C)c1cccc(Oc2ccccc2)c1. The topological polar surface area (TPSA) is 61.8 Å². The number of benzene rings is 2. The lowest BCUT2D eigenvalue weighted by molar-refractivity contribution is -0.152. The standard InChI is InChI=1S/C27H31FO5/c1-17(18-11-10-14-20(15-18)32-19-12-8-7-9-13-19)31-25(30)23-21(27(23,5)6)16-22(28)24(29)33-26(2,3)4/h7-17,21,23H,1-6H3/b22-16+/t17-,21+,23+/m1/s1. The minimum atomic E-state index is -1.03. The highest BCUT2D eigenvalue weighted by atomic mass is 19.1. The van der Waals surface area contributed by atoms with Crippen LogP contribution in [0.25, 0.3) is 0 Å². The van der Waals surface area contributed by atoms with E-state index in [9.17, 15) is 14.0 Å². The minimum Gasteiger partial charge on any atom is -0.458 e. The van der Waals surface area contributed by atoms with Gasteiger partial charge in [-0.25, -0.2) is 4.79 Å². The van der Waals surface area contributed by atoms with Gasteiger partial charge in [-0.05, 0) is 74.9 Å². The molecule has 33 heavy (non-hydrogen) atoms. The molecule has 2 aromatic carbocycles. The van der Waals surface area contributed by atoms with Crippen molar-refractivity contribution in [2.45, 2.75) is 53.2 Å². The fourth-order valence-electron chi connectivity index (χ4n) is 3.76. The molecule has 0 spiro atoms. The van der Waals surface area contributed by atoms with Crippen LogP contribution in [0.15, 0.2) is 66.5 Å². The number of hydrogen-bond acceptors (Lipinski definition) is 5. The smallest absolute Gasteiger partial charge is 0.367 e. The summed E-state index contributed by atoms with van der Waals surface area (Å²) in [5, 5.41) is 0. The third-order valence-electron chi connectivity index (χ3n) is 5.68. The normalized spacial score (nSPS) is 20.5. The van der Waals surface area contributed by atoms with Gasteiger partial charge in [0.2, 0.25) is 5.83 Å². The molecule has 3 atom stereocenters. The maximum atomic E-state index is 14.4. The summed E-state index contributed by atoms with van der Waals surface area (Å²) in [5.41, 5.74) is -0.537. The molecule has 1 saturated carbocycles. The van der Waals surface area contributed by atoms with Gasteiger partial charge in [-0.1, -0.05) is 44.2 Å². The Hall–Kier alpha value is -3.15. The van der Waals surface area contributed by atoms with Gasteiger partial charge in [0.25, 0.3) is 0 Å². The third-order valence-corrected chi connectivity index (χ3v) is 5.68. The number of rotatable bonds is 7. The van der Waals surface area contributed by atoms with Crippen LogP contribution in [0.2, 0.25) is 0 Å². The highest BCUT2D eigenvalue weighted by Gasteiger charge is 2.62. The van der Waals surface area contributed by atoms with Crippen LogP contribution >= 0.6 is 0 Å². The Kier molecular flexibility index (Phi) is 6.96. The number of carbonyl (C=O) groups is 2. The molecule has 0 bridgehead atoms. The summed E-state index contributed by atoms with van der Waals surface area (Å²) in [6, 6.07) is 16.7. The summed E-state index contributed by atoms with van der Waals surface area (Å²) >= 11 is 0. The van der Waals surface area contributed by atoms with E-state index in [1.54, 1.807) is 27.7 Å². The molecule has 0 saturated heterocycles. The highest BCUT2D eigenvalue weighted by molar-refractivity contribution is 5.87. The van der Waals surface area contributed by atoms with Crippen LogP contribution in [0, 0.1) is 17.3 Å². The molecule has 2 aromatic rings. The maximum absolute atomic E-state index is 14.4. The Morgan fingerprint density at radius 2 is 1.67 bits per heavy atom. The molecular weight excluding hydrogens is 423 g/mol. The number of para-hydroxylation sites is 1. The highest BCUT2D eigenvalue weighted by Crippen LogP contribution is 2.60. The van der Waals surface area contributed by atoms with Gasteiger partial charge < -0.3 is 14.2 Å². The molecule has 1 aliphatic carbocycles. The van der Waals surface area contributed by atoms with Crippen LogP contribution in [-0.2, 0) is 19.1 Å². The van der Waals surface area contributed by atoms with Gasteiger partial charge in [-0.2, -0.15) is 4.39 Å². The number of esters is 2. The van der Waals surface area contributed by atoms with E-state index < -0.39 is 46.7 Å². The van der Waals surface area contributed by atoms with Crippen LogP contribution in [0.1, 0.15) is 53.2 Å². The first-order chi connectivity index (χ1) is 15.4. The number of allylic oxidation sites excluding steroid dienone is 1. The van der Waals surface area contributed by atoms with Crippen LogP contribution < -0.4 is 4.74 Å². The second-order valence-electron chi connectivity index (χ2n) is 9.91. The molecule has 0 aromatic heterocycles. The summed E-state index contributed by atoms with van der Waals surface area (Å²) in [5.74, 6) is -2.10. The summed E-state index contributed by atoms with van der Waals surface area (Å²) < 4.78 is 31.0. The van der Waals surface area contributed by atoms with Crippen LogP contribution in [0.5, 0.6) is 11.5 Å². The molecule has 0 amide bonds. The third kappa shape index (κ3) is 6.21. The maximum Gasteiger partial charge on any atom is 0.367 e. The summed E-state index contributed by atoms with van der Waals surface area (Å²) in [6.45, 7) is 10.5. The van der Waals surface area contributed by atoms with Crippen molar-refractivity contribution >= 4 is 11.9 Å². The molecule has 1 aliphatic rings. The summed E-state index contributed by atoms with van der Waals surface area (Å²) in [4.78, 5) is 24.8. The number of hydrogen-bond donors (Lipinski definition) is 0. The number of ether oxygens (including phenoxy) is 3. The lowest BCUT2D eigenvalue weighted by Crippen LogP contribution is -2.24. The summed E-state index contributed by atoms with van der Waals surface area (Å²) in [6.07, 6.45) is 0.660. The molecule has 0 aliphatic heterocycles. The van der Waals surface area contributed by atoms with Crippen LogP contribution in [0.3, 0.4) is 0 Å². The molecule has 0 unspecified atom stereocenters. The first kappa shape index (κ1) is 24.5. The van der Waals surface area contributed by atoms with E-state index in [0.717, 1.165) is 5.56 Å². The Labute approximate surface area is 194 Å². The van der Waals surface area contributed by atoms with Gasteiger partial charge in [-0.3, -0.25) is 4.79 Å². The molecule has 0 N–H and O–H groups in total. The Morgan fingerprint density at radius 3 is 2.30 bits per heavy atom. The lowest BCUT2D eigenvalue weighted by Gasteiger charge is -2.18. The van der Waals surface area contributed by atoms with Gasteiger partial charge in [0, 0.05) is 0 Å². The fourth-order valence-corrected chi connectivity index (χ4v) is 3.76. The molecule has 0 radical (unpaired) electrons. The van der Waals surface area contributed by atoms with E-state index in [4.69, 9.17) is 14.2 Å². The largest absolute Gasteiger partial charge is 0.458 e.